The molecule has 2 N–H and O–H groups in total. The highest BCUT2D eigenvalue weighted by atomic mass is 19.1. The van der Waals surface area contributed by atoms with Crippen LogP contribution in [0.15, 0.2) is 30.5 Å². The fraction of sp³-hybridized carbons (Fsp3) is 0.412. The Labute approximate surface area is 134 Å². The minimum absolute atomic E-state index is 0.0547. The SMILES string of the molecule is CNC(=O)CC1(O)CCCN(c2nccc3ccc(F)cc23)C1. The highest BCUT2D eigenvalue weighted by Gasteiger charge is 2.36. The van der Waals surface area contributed by atoms with Crippen molar-refractivity contribution >= 4 is 22.5 Å². The van der Waals surface area contributed by atoms with Crippen molar-refractivity contribution in [2.75, 3.05) is 25.0 Å². The number of fused-ring (bicyclic) bond motifs is 1. The standard InChI is InChI=1S/C17H20FN3O2/c1-19-15(22)10-17(23)6-2-8-21(11-17)16-14-9-13(18)4-3-12(14)5-7-20-16/h3-5,7,9,23H,2,6,8,10-11H2,1H3,(H,19,22). The van der Waals surface area contributed by atoms with Crippen LogP contribution in [0, 0.1) is 5.82 Å². The number of carbonyl (C=O) groups excluding carboxylic acids is 1. The maximum Gasteiger partial charge on any atom is 0.222 e. The van der Waals surface area contributed by atoms with Crippen LogP contribution in [0.3, 0.4) is 0 Å². The van der Waals surface area contributed by atoms with Crippen LogP contribution < -0.4 is 10.2 Å². The van der Waals surface area contributed by atoms with E-state index in [1.165, 1.54) is 12.1 Å². The number of nitrogens with zero attached hydrogens (tertiary/aromatic N) is 2. The van der Waals surface area contributed by atoms with Crippen LogP contribution in [-0.4, -0.2) is 41.7 Å². The van der Waals surface area contributed by atoms with E-state index in [0.717, 1.165) is 23.7 Å². The molecule has 0 saturated carbocycles. The van der Waals surface area contributed by atoms with Gasteiger partial charge in [-0.25, -0.2) is 9.37 Å². The lowest BCUT2D eigenvalue weighted by atomic mass is 9.89. The van der Waals surface area contributed by atoms with Gasteiger partial charge in [-0.1, -0.05) is 6.07 Å². The van der Waals surface area contributed by atoms with Gasteiger partial charge in [0, 0.05) is 31.7 Å². The Morgan fingerprint density at radius 2 is 2.30 bits per heavy atom. The number of amides is 1. The molecule has 1 fully saturated rings. The van der Waals surface area contributed by atoms with Crippen molar-refractivity contribution in [2.45, 2.75) is 24.9 Å². The number of aliphatic hydroxyl groups is 1. The molecule has 1 aliphatic heterocycles. The van der Waals surface area contributed by atoms with Crippen molar-refractivity contribution in [3.63, 3.8) is 0 Å². The number of benzene rings is 1. The fourth-order valence-corrected chi connectivity index (χ4v) is 3.20. The quantitative estimate of drug-likeness (QED) is 0.906. The van der Waals surface area contributed by atoms with Crippen LogP contribution >= 0.6 is 0 Å². The molecule has 0 aliphatic carbocycles. The predicted octanol–water partition coefficient (Wildman–Crippen LogP) is 1.84. The van der Waals surface area contributed by atoms with Crippen molar-refractivity contribution in [3.05, 3.63) is 36.3 Å². The molecule has 1 amide bonds. The third-order valence-corrected chi connectivity index (χ3v) is 4.33. The van der Waals surface area contributed by atoms with Crippen LogP contribution in [0.25, 0.3) is 10.8 Å². The highest BCUT2D eigenvalue weighted by Crippen LogP contribution is 2.31. The first-order valence-electron chi connectivity index (χ1n) is 7.73. The van der Waals surface area contributed by atoms with E-state index in [-0.39, 0.29) is 18.1 Å². The molecule has 1 saturated heterocycles. The van der Waals surface area contributed by atoms with Crippen LogP contribution in [0.1, 0.15) is 19.3 Å². The Kier molecular flexibility index (Phi) is 4.17. The normalized spacial score (nSPS) is 21.4. The number of piperidine rings is 1. The molecule has 5 nitrogen and oxygen atoms in total. The van der Waals surface area contributed by atoms with Gasteiger partial charge in [0.25, 0.3) is 0 Å². The number of aromatic nitrogens is 1. The van der Waals surface area contributed by atoms with E-state index in [1.807, 2.05) is 11.0 Å². The molecule has 2 aromatic rings. The number of rotatable bonds is 3. The third kappa shape index (κ3) is 3.27. The molecule has 6 heteroatoms. The van der Waals surface area contributed by atoms with Crippen LogP contribution in [0.5, 0.6) is 0 Å². The van der Waals surface area contributed by atoms with E-state index in [1.54, 1.807) is 19.3 Å². The average Bonchev–Trinajstić information content (AvgIpc) is 2.53. The summed E-state index contributed by atoms with van der Waals surface area (Å²) in [5, 5.41) is 14.9. The summed E-state index contributed by atoms with van der Waals surface area (Å²) in [7, 11) is 1.56. The van der Waals surface area contributed by atoms with Crippen LogP contribution in [0.4, 0.5) is 10.2 Å². The summed E-state index contributed by atoms with van der Waals surface area (Å²) in [5.74, 6) is 0.146. The second kappa shape index (κ2) is 6.12. The summed E-state index contributed by atoms with van der Waals surface area (Å²) in [6, 6.07) is 6.43. The number of pyridine rings is 1. The first-order valence-corrected chi connectivity index (χ1v) is 7.73. The molecule has 1 atom stereocenters. The number of hydrogen-bond acceptors (Lipinski definition) is 4. The van der Waals surface area contributed by atoms with E-state index < -0.39 is 5.60 Å². The fourth-order valence-electron chi connectivity index (χ4n) is 3.20. The molecule has 122 valence electrons. The van der Waals surface area contributed by atoms with E-state index in [0.29, 0.717) is 18.8 Å². The first kappa shape index (κ1) is 15.7. The van der Waals surface area contributed by atoms with Gasteiger partial charge >= 0.3 is 0 Å². The number of hydrogen-bond donors (Lipinski definition) is 2. The molecule has 1 aliphatic rings. The Hall–Kier alpha value is -2.21. The van der Waals surface area contributed by atoms with Gasteiger partial charge in [0.1, 0.15) is 11.6 Å². The molecule has 1 aromatic heterocycles. The maximum absolute atomic E-state index is 13.6. The Morgan fingerprint density at radius 1 is 1.48 bits per heavy atom. The summed E-state index contributed by atoms with van der Waals surface area (Å²) in [5.41, 5.74) is -1.09. The maximum atomic E-state index is 13.6. The summed E-state index contributed by atoms with van der Waals surface area (Å²) < 4.78 is 13.6. The van der Waals surface area contributed by atoms with Crippen LogP contribution in [-0.2, 0) is 4.79 Å². The monoisotopic (exact) mass is 317 g/mol. The van der Waals surface area contributed by atoms with Crippen molar-refractivity contribution in [2.24, 2.45) is 0 Å². The largest absolute Gasteiger partial charge is 0.388 e. The van der Waals surface area contributed by atoms with Gasteiger partial charge in [0.05, 0.1) is 12.0 Å². The molecule has 0 spiro atoms. The topological polar surface area (TPSA) is 65.5 Å². The second-order valence-electron chi connectivity index (χ2n) is 6.10. The molecule has 0 bridgehead atoms. The van der Waals surface area contributed by atoms with Crippen molar-refractivity contribution in [3.8, 4) is 0 Å². The molecule has 23 heavy (non-hydrogen) atoms. The number of carbonyl (C=O) groups is 1. The third-order valence-electron chi connectivity index (χ3n) is 4.33. The number of halogens is 1. The predicted molar refractivity (Wildman–Crippen MR) is 86.8 cm³/mol. The second-order valence-corrected chi connectivity index (χ2v) is 6.10. The van der Waals surface area contributed by atoms with Crippen molar-refractivity contribution in [1.29, 1.82) is 0 Å². The summed E-state index contributed by atoms with van der Waals surface area (Å²) in [6.45, 7) is 1.03. The van der Waals surface area contributed by atoms with E-state index >= 15 is 0 Å². The Morgan fingerprint density at radius 3 is 3.09 bits per heavy atom. The molecule has 1 unspecified atom stereocenters. The molecule has 0 radical (unpaired) electrons. The van der Waals surface area contributed by atoms with Gasteiger partial charge in [-0.2, -0.15) is 0 Å². The number of β-amino-alcohol motifs (C(OH)–C–C–N with tert-alkyl or cyclic N) is 1. The molecule has 2 heterocycles. The van der Waals surface area contributed by atoms with Gasteiger partial charge in [0.2, 0.25) is 5.91 Å². The van der Waals surface area contributed by atoms with Gasteiger partial charge in [0.15, 0.2) is 0 Å². The summed E-state index contributed by atoms with van der Waals surface area (Å²) in [6.07, 6.45) is 3.05. The smallest absolute Gasteiger partial charge is 0.222 e. The van der Waals surface area contributed by atoms with Crippen LogP contribution in [0.2, 0.25) is 0 Å². The van der Waals surface area contributed by atoms with E-state index in [9.17, 15) is 14.3 Å². The number of anilines is 1. The molecular weight excluding hydrogens is 297 g/mol. The summed E-state index contributed by atoms with van der Waals surface area (Å²) >= 11 is 0. The Balaban J connectivity index is 1.92. The van der Waals surface area contributed by atoms with E-state index in [2.05, 4.69) is 10.3 Å². The zero-order valence-electron chi connectivity index (χ0n) is 13.1. The van der Waals surface area contributed by atoms with Crippen molar-refractivity contribution in [1.82, 2.24) is 10.3 Å². The van der Waals surface area contributed by atoms with Gasteiger partial charge < -0.3 is 15.3 Å². The number of nitrogens with one attached hydrogen (secondary N) is 1. The lowest BCUT2D eigenvalue weighted by molar-refractivity contribution is -0.125. The summed E-state index contributed by atoms with van der Waals surface area (Å²) in [4.78, 5) is 18.0. The van der Waals surface area contributed by atoms with Crippen molar-refractivity contribution < 1.29 is 14.3 Å². The average molecular weight is 317 g/mol. The molecular formula is C17H20FN3O2. The highest BCUT2D eigenvalue weighted by molar-refractivity contribution is 5.92. The molecule has 3 rings (SSSR count). The zero-order valence-corrected chi connectivity index (χ0v) is 13.1. The zero-order chi connectivity index (χ0) is 16.4. The first-order chi connectivity index (χ1) is 11.0. The minimum atomic E-state index is -1.09. The van der Waals surface area contributed by atoms with Gasteiger partial charge in [-0.3, -0.25) is 4.79 Å². The van der Waals surface area contributed by atoms with Gasteiger partial charge in [-0.15, -0.1) is 0 Å². The lowest BCUT2D eigenvalue weighted by Gasteiger charge is -2.39. The van der Waals surface area contributed by atoms with Gasteiger partial charge in [-0.05, 0) is 36.4 Å². The molecule has 1 aromatic carbocycles. The van der Waals surface area contributed by atoms with E-state index in [4.69, 9.17) is 0 Å². The minimum Gasteiger partial charge on any atom is -0.388 e. The Bertz CT molecular complexity index is 737. The lowest BCUT2D eigenvalue weighted by Crippen LogP contribution is -2.50.